The van der Waals surface area contributed by atoms with Gasteiger partial charge in [-0.25, -0.2) is 4.57 Å². The number of carbonyl (C=O) groups is 3. The zero-order valence-electron chi connectivity index (χ0n) is 37.6. The highest BCUT2D eigenvalue weighted by Gasteiger charge is 2.41. The van der Waals surface area contributed by atoms with E-state index >= 15 is 0 Å². The summed E-state index contributed by atoms with van der Waals surface area (Å²) in [6, 6.07) is 0. The molecule has 0 saturated heterocycles. The molecule has 0 spiro atoms. The molecule has 0 aromatic heterocycles. The van der Waals surface area contributed by atoms with Crippen molar-refractivity contribution in [1.82, 2.24) is 0 Å². The third-order valence-electron chi connectivity index (χ3n) is 11.0. The summed E-state index contributed by atoms with van der Waals surface area (Å²) in [5, 5.41) is 31.4. The van der Waals surface area contributed by atoms with E-state index in [0.29, 0.717) is 36.7 Å². The molecule has 0 bridgehead atoms. The van der Waals surface area contributed by atoms with Crippen LogP contribution in [0.25, 0.3) is 0 Å². The largest absolute Gasteiger partial charge is 0.472 e. The van der Waals surface area contributed by atoms with Gasteiger partial charge >= 0.3 is 19.8 Å². The summed E-state index contributed by atoms with van der Waals surface area (Å²) in [5.41, 5.74) is 0. The number of likely N-dealkylation sites (N-methyl/N-ethyl adjacent to an activating group) is 1. The number of rotatable bonds is 38. The molecule has 0 amide bonds. The number of quaternary nitrogens is 1. The zero-order valence-corrected chi connectivity index (χ0v) is 38.5. The van der Waals surface area contributed by atoms with Crippen LogP contribution in [0, 0.1) is 11.8 Å². The number of hydrogen-bond acceptors (Lipinski definition) is 11. The standard InChI is InChI=1S/C45H84NO12P/c1-6-8-10-11-12-13-14-15-16-17-18-19-20-22-27-44(51)55-35-39(36-57-59(53,54)56-32-31-46(3,4)5)58-45(52)28-24-23-26-38(48)33-41-40(42(49)34-43(41)50)30-29-37(47)25-21-9-7-2/h29-30,37,39-43,47,49-50H,6-28,31-36H2,1-5H3/p+1/b30-29+/t37-,39+,40+,41+,42+,43-/m0/s1. The molecule has 346 valence electrons. The van der Waals surface area contributed by atoms with Crippen LogP contribution in [0.5, 0.6) is 0 Å². The molecule has 14 heteroatoms. The van der Waals surface area contributed by atoms with Crippen LogP contribution in [0.1, 0.15) is 174 Å². The first kappa shape index (κ1) is 55.3. The highest BCUT2D eigenvalue weighted by atomic mass is 31.2. The van der Waals surface area contributed by atoms with Crippen LogP contribution in [0.4, 0.5) is 0 Å². The number of carbonyl (C=O) groups excluding carboxylic acids is 3. The van der Waals surface area contributed by atoms with E-state index in [1.165, 1.54) is 64.2 Å². The molecular formula is C45H85NO12P+. The number of ketones is 1. The van der Waals surface area contributed by atoms with Gasteiger partial charge in [-0.3, -0.25) is 23.4 Å². The Morgan fingerprint density at radius 2 is 1.24 bits per heavy atom. The molecule has 1 rings (SSSR count). The molecule has 1 aliphatic rings. The molecule has 0 aliphatic heterocycles. The minimum absolute atomic E-state index is 0.0332. The maximum Gasteiger partial charge on any atom is 0.472 e. The number of aliphatic hydroxyl groups excluding tert-OH is 3. The molecule has 1 fully saturated rings. The van der Waals surface area contributed by atoms with Gasteiger partial charge in [-0.05, 0) is 25.7 Å². The Kier molecular flexibility index (Phi) is 30.9. The van der Waals surface area contributed by atoms with E-state index in [2.05, 4.69) is 13.8 Å². The Morgan fingerprint density at radius 3 is 1.83 bits per heavy atom. The average molecular weight is 863 g/mol. The lowest BCUT2D eigenvalue weighted by molar-refractivity contribution is -0.870. The van der Waals surface area contributed by atoms with Gasteiger partial charge < -0.3 is 34.2 Å². The molecule has 0 radical (unpaired) electrons. The molecule has 7 atom stereocenters. The van der Waals surface area contributed by atoms with Crippen LogP contribution in [0.3, 0.4) is 0 Å². The maximum atomic E-state index is 12.9. The van der Waals surface area contributed by atoms with Crippen LogP contribution in [0.2, 0.25) is 0 Å². The van der Waals surface area contributed by atoms with Crippen molar-refractivity contribution in [2.24, 2.45) is 11.8 Å². The predicted octanol–water partition coefficient (Wildman–Crippen LogP) is 8.53. The molecule has 1 unspecified atom stereocenters. The first-order valence-corrected chi connectivity index (χ1v) is 24.6. The van der Waals surface area contributed by atoms with Gasteiger partial charge in [-0.1, -0.05) is 129 Å². The number of phosphoric ester groups is 1. The molecule has 1 aliphatic carbocycles. The fraction of sp³-hybridized carbons (Fsp3) is 0.889. The van der Waals surface area contributed by atoms with Crippen molar-refractivity contribution in [1.29, 1.82) is 0 Å². The molecule has 13 nitrogen and oxygen atoms in total. The van der Waals surface area contributed by atoms with E-state index in [1.807, 2.05) is 21.1 Å². The fourth-order valence-electron chi connectivity index (χ4n) is 7.30. The van der Waals surface area contributed by atoms with Crippen molar-refractivity contribution in [3.8, 4) is 0 Å². The van der Waals surface area contributed by atoms with Crippen molar-refractivity contribution in [2.45, 2.75) is 199 Å². The number of hydrogen-bond donors (Lipinski definition) is 4. The summed E-state index contributed by atoms with van der Waals surface area (Å²) >= 11 is 0. The lowest BCUT2D eigenvalue weighted by Crippen LogP contribution is -2.37. The summed E-state index contributed by atoms with van der Waals surface area (Å²) in [6.07, 6.45) is 21.7. The first-order chi connectivity index (χ1) is 28.1. The Labute approximate surface area is 357 Å². The second kappa shape index (κ2) is 32.9. The monoisotopic (exact) mass is 863 g/mol. The molecular weight excluding hydrogens is 777 g/mol. The molecule has 0 heterocycles. The SMILES string of the molecule is CCCCCCCCCCCCCCCCC(=O)OC[C@H](COP(=O)(O)OCC[N+](C)(C)C)OC(=O)CCCCC(=O)C[C@@H]1[C@@H](/C=C/[C@@H](O)CCCCC)[C@H](O)C[C@@H]1O. The predicted molar refractivity (Wildman–Crippen MR) is 231 cm³/mol. The smallest absolute Gasteiger partial charge is 0.462 e. The number of Topliss-reactive ketones (excluding diaryl/α,β-unsaturated/α-hetero) is 1. The van der Waals surface area contributed by atoms with Gasteiger partial charge in [0.2, 0.25) is 0 Å². The number of nitrogens with zero attached hydrogens (tertiary/aromatic N) is 1. The molecule has 59 heavy (non-hydrogen) atoms. The van der Waals surface area contributed by atoms with Crippen LogP contribution in [-0.2, 0) is 37.5 Å². The van der Waals surface area contributed by atoms with Crippen molar-refractivity contribution >= 4 is 25.5 Å². The van der Waals surface area contributed by atoms with Crippen LogP contribution < -0.4 is 0 Å². The van der Waals surface area contributed by atoms with Crippen LogP contribution in [0.15, 0.2) is 12.2 Å². The summed E-state index contributed by atoms with van der Waals surface area (Å²) < 4.78 is 34.2. The average Bonchev–Trinajstić information content (AvgIpc) is 3.43. The van der Waals surface area contributed by atoms with Gasteiger partial charge in [0.1, 0.15) is 25.5 Å². The van der Waals surface area contributed by atoms with Crippen LogP contribution in [-0.4, -0.2) is 114 Å². The summed E-state index contributed by atoms with van der Waals surface area (Å²) in [4.78, 5) is 48.5. The number of phosphoric acid groups is 1. The van der Waals surface area contributed by atoms with Gasteiger partial charge in [0.25, 0.3) is 0 Å². The van der Waals surface area contributed by atoms with E-state index in [-0.39, 0.29) is 51.1 Å². The minimum atomic E-state index is -4.48. The zero-order chi connectivity index (χ0) is 43.9. The van der Waals surface area contributed by atoms with Gasteiger partial charge in [0.05, 0.1) is 46.1 Å². The maximum absolute atomic E-state index is 12.9. The van der Waals surface area contributed by atoms with E-state index in [9.17, 15) is 39.2 Å². The van der Waals surface area contributed by atoms with Gasteiger partial charge in [0.15, 0.2) is 6.10 Å². The number of unbranched alkanes of at least 4 members (excludes halogenated alkanes) is 16. The Hall–Kier alpha value is -1.70. The topological polar surface area (TPSA) is 186 Å². The summed E-state index contributed by atoms with van der Waals surface area (Å²) in [5.74, 6) is -2.08. The number of ether oxygens (including phenoxy) is 2. The fourth-order valence-corrected chi connectivity index (χ4v) is 8.05. The molecule has 0 aromatic rings. The van der Waals surface area contributed by atoms with Crippen molar-refractivity contribution in [3.05, 3.63) is 12.2 Å². The van der Waals surface area contributed by atoms with Gasteiger partial charge in [-0.2, -0.15) is 0 Å². The number of esters is 2. The molecule has 4 N–H and O–H groups in total. The third-order valence-corrected chi connectivity index (χ3v) is 12.0. The lowest BCUT2D eigenvalue weighted by Gasteiger charge is -2.24. The molecule has 1 saturated carbocycles. The lowest BCUT2D eigenvalue weighted by atomic mass is 9.87. The minimum Gasteiger partial charge on any atom is -0.462 e. The van der Waals surface area contributed by atoms with Crippen LogP contribution >= 0.6 is 7.82 Å². The van der Waals surface area contributed by atoms with E-state index in [4.69, 9.17) is 18.5 Å². The normalized spacial score (nSPS) is 20.4. The summed E-state index contributed by atoms with van der Waals surface area (Å²) in [7, 11) is 1.26. The van der Waals surface area contributed by atoms with Crippen molar-refractivity contribution in [3.63, 3.8) is 0 Å². The highest BCUT2D eigenvalue weighted by molar-refractivity contribution is 7.47. The van der Waals surface area contributed by atoms with E-state index in [1.54, 1.807) is 12.2 Å². The van der Waals surface area contributed by atoms with Crippen molar-refractivity contribution in [2.75, 3.05) is 47.5 Å². The van der Waals surface area contributed by atoms with Gasteiger partial charge in [-0.15, -0.1) is 0 Å². The summed E-state index contributed by atoms with van der Waals surface area (Å²) in [6.45, 7) is 3.89. The quantitative estimate of drug-likeness (QED) is 0.0153. The van der Waals surface area contributed by atoms with E-state index < -0.39 is 62.6 Å². The second-order valence-corrected chi connectivity index (χ2v) is 19.2. The Bertz CT molecular complexity index is 1190. The third kappa shape index (κ3) is 30.1. The number of aliphatic hydroxyl groups is 3. The Balaban J connectivity index is 2.52. The van der Waals surface area contributed by atoms with Gasteiger partial charge in [0, 0.05) is 43.9 Å². The highest BCUT2D eigenvalue weighted by Crippen LogP contribution is 2.43. The molecule has 0 aromatic carbocycles. The first-order valence-electron chi connectivity index (χ1n) is 23.1. The van der Waals surface area contributed by atoms with E-state index in [0.717, 1.165) is 38.5 Å². The Morgan fingerprint density at radius 1 is 0.712 bits per heavy atom. The second-order valence-electron chi connectivity index (χ2n) is 17.8. The van der Waals surface area contributed by atoms with Crippen molar-refractivity contribution < 1.29 is 62.2 Å².